The molecule has 0 N–H and O–H groups in total. The molecule has 1 atom stereocenters. The van der Waals surface area contributed by atoms with E-state index in [4.69, 9.17) is 4.74 Å². The molecular formula is C21H34O2. The van der Waals surface area contributed by atoms with Crippen LogP contribution in [0.3, 0.4) is 0 Å². The highest BCUT2D eigenvalue weighted by molar-refractivity contribution is 5.78. The maximum atomic E-state index is 13.2. The van der Waals surface area contributed by atoms with Gasteiger partial charge in [-0.3, -0.25) is 4.79 Å². The second-order valence-electron chi connectivity index (χ2n) is 9.95. The van der Waals surface area contributed by atoms with Crippen LogP contribution in [0.25, 0.3) is 0 Å². The van der Waals surface area contributed by atoms with Crippen LogP contribution in [0, 0.1) is 34.5 Å². The van der Waals surface area contributed by atoms with Crippen molar-refractivity contribution in [1.82, 2.24) is 0 Å². The predicted molar refractivity (Wildman–Crippen MR) is 93.9 cm³/mol. The Morgan fingerprint density at radius 2 is 1.57 bits per heavy atom. The Morgan fingerprint density at radius 3 is 1.96 bits per heavy atom. The van der Waals surface area contributed by atoms with E-state index in [1.807, 2.05) is 6.08 Å². The van der Waals surface area contributed by atoms with E-state index < -0.39 is 5.41 Å². The molecule has 0 amide bonds. The van der Waals surface area contributed by atoms with Gasteiger partial charge in [0.25, 0.3) is 0 Å². The molecule has 2 heteroatoms. The number of carbonyl (C=O) groups excluding carboxylic acids is 1. The smallest absolute Gasteiger partial charge is 0.313 e. The van der Waals surface area contributed by atoms with E-state index in [0.717, 1.165) is 11.8 Å². The topological polar surface area (TPSA) is 26.3 Å². The Morgan fingerprint density at radius 1 is 1.09 bits per heavy atom. The van der Waals surface area contributed by atoms with Gasteiger partial charge in [-0.05, 0) is 81.5 Å². The third-order valence-electron chi connectivity index (χ3n) is 7.73. The van der Waals surface area contributed by atoms with E-state index in [-0.39, 0.29) is 17.0 Å². The first-order chi connectivity index (χ1) is 10.6. The lowest BCUT2D eigenvalue weighted by Gasteiger charge is -2.59. The summed E-state index contributed by atoms with van der Waals surface area (Å²) >= 11 is 0. The van der Waals surface area contributed by atoms with Crippen LogP contribution >= 0.6 is 0 Å². The van der Waals surface area contributed by atoms with Gasteiger partial charge in [0.2, 0.25) is 0 Å². The monoisotopic (exact) mass is 318 g/mol. The lowest BCUT2D eigenvalue weighted by molar-refractivity contribution is -0.216. The fourth-order valence-electron chi connectivity index (χ4n) is 5.58. The summed E-state index contributed by atoms with van der Waals surface area (Å²) in [5.74, 6) is 2.93. The van der Waals surface area contributed by atoms with E-state index in [0.29, 0.717) is 18.3 Å². The number of carbonyl (C=O) groups is 1. The summed E-state index contributed by atoms with van der Waals surface area (Å²) in [7, 11) is 0. The van der Waals surface area contributed by atoms with Gasteiger partial charge in [0.15, 0.2) is 0 Å². The molecule has 130 valence electrons. The molecule has 4 fully saturated rings. The van der Waals surface area contributed by atoms with Crippen molar-refractivity contribution in [1.29, 1.82) is 0 Å². The lowest BCUT2D eigenvalue weighted by Crippen LogP contribution is -2.59. The van der Waals surface area contributed by atoms with Crippen LogP contribution in [0.4, 0.5) is 0 Å². The van der Waals surface area contributed by atoms with Gasteiger partial charge in [0, 0.05) is 0 Å². The molecule has 4 bridgehead atoms. The molecule has 0 spiro atoms. The van der Waals surface area contributed by atoms with Crippen molar-refractivity contribution in [2.45, 2.75) is 78.7 Å². The zero-order valence-electron chi connectivity index (χ0n) is 15.7. The quantitative estimate of drug-likeness (QED) is 0.514. The molecular weight excluding hydrogens is 284 g/mol. The van der Waals surface area contributed by atoms with E-state index >= 15 is 0 Å². The van der Waals surface area contributed by atoms with Gasteiger partial charge in [-0.1, -0.05) is 26.8 Å². The summed E-state index contributed by atoms with van der Waals surface area (Å²) in [5, 5.41) is 0. The van der Waals surface area contributed by atoms with Gasteiger partial charge >= 0.3 is 5.97 Å². The molecule has 4 rings (SSSR count). The number of hydrogen-bond acceptors (Lipinski definition) is 2. The molecule has 4 aliphatic carbocycles. The van der Waals surface area contributed by atoms with Crippen molar-refractivity contribution in [3.63, 3.8) is 0 Å². The first-order valence-electron chi connectivity index (χ1n) is 9.44. The third kappa shape index (κ3) is 2.57. The second kappa shape index (κ2) is 5.36. The Labute approximate surface area is 142 Å². The summed E-state index contributed by atoms with van der Waals surface area (Å²) in [6.45, 7) is 14.6. The first-order valence-corrected chi connectivity index (χ1v) is 9.44. The Kier molecular flexibility index (Phi) is 3.97. The summed E-state index contributed by atoms with van der Waals surface area (Å²) in [4.78, 5) is 13.2. The van der Waals surface area contributed by atoms with Crippen LogP contribution in [0.1, 0.15) is 73.1 Å². The highest BCUT2D eigenvalue weighted by Gasteiger charge is 2.58. The minimum atomic E-state index is -0.508. The molecule has 0 saturated heterocycles. The van der Waals surface area contributed by atoms with Crippen LogP contribution in [-0.2, 0) is 9.53 Å². The summed E-state index contributed by atoms with van der Waals surface area (Å²) in [6.07, 6.45) is 9.04. The van der Waals surface area contributed by atoms with Crippen molar-refractivity contribution in [2.75, 3.05) is 0 Å². The second-order valence-corrected chi connectivity index (χ2v) is 9.95. The fraction of sp³-hybridized carbons (Fsp3) is 0.857. The zero-order chi connectivity index (χ0) is 17.0. The number of esters is 1. The van der Waals surface area contributed by atoms with Crippen LogP contribution in [0.5, 0.6) is 0 Å². The largest absolute Gasteiger partial charge is 0.458 e. The number of hydrogen-bond donors (Lipinski definition) is 0. The lowest BCUT2D eigenvalue weighted by atomic mass is 9.50. The molecule has 0 heterocycles. The maximum absolute atomic E-state index is 13.2. The minimum Gasteiger partial charge on any atom is -0.458 e. The van der Waals surface area contributed by atoms with Gasteiger partial charge in [0.05, 0.1) is 5.41 Å². The average Bonchev–Trinajstić information content (AvgIpc) is 2.43. The highest BCUT2D eigenvalue weighted by atomic mass is 16.6. The molecule has 0 aliphatic heterocycles. The van der Waals surface area contributed by atoms with Gasteiger partial charge in [-0.25, -0.2) is 0 Å². The van der Waals surface area contributed by atoms with Crippen LogP contribution in [0.15, 0.2) is 12.7 Å². The number of ether oxygens (including phenoxy) is 1. The first kappa shape index (κ1) is 17.0. The Hall–Kier alpha value is -0.790. The van der Waals surface area contributed by atoms with E-state index in [1.54, 1.807) is 0 Å². The Balaban J connectivity index is 1.82. The van der Waals surface area contributed by atoms with Gasteiger partial charge in [-0.2, -0.15) is 0 Å². The molecule has 0 aromatic rings. The minimum absolute atomic E-state index is 0.0140. The van der Waals surface area contributed by atoms with Crippen LogP contribution in [0.2, 0.25) is 0 Å². The van der Waals surface area contributed by atoms with E-state index in [2.05, 4.69) is 41.2 Å². The van der Waals surface area contributed by atoms with Crippen molar-refractivity contribution >= 4 is 5.97 Å². The van der Waals surface area contributed by atoms with Crippen molar-refractivity contribution in [3.05, 3.63) is 12.7 Å². The number of rotatable bonds is 4. The highest BCUT2D eigenvalue weighted by Crippen LogP contribution is 2.60. The van der Waals surface area contributed by atoms with Crippen LogP contribution in [-0.4, -0.2) is 11.6 Å². The summed E-state index contributed by atoms with van der Waals surface area (Å²) in [6, 6.07) is 0. The summed E-state index contributed by atoms with van der Waals surface area (Å²) < 4.78 is 6.37. The molecule has 2 nitrogen and oxygen atoms in total. The Bertz CT molecular complexity index is 470. The molecule has 23 heavy (non-hydrogen) atoms. The third-order valence-corrected chi connectivity index (χ3v) is 7.73. The van der Waals surface area contributed by atoms with Crippen molar-refractivity contribution in [2.24, 2.45) is 34.5 Å². The average molecular weight is 319 g/mol. The SMILES string of the molecule is C=CCC(C)(C(=O)OC1(C)C2CC3CC(C2)CC1C3)C(C)(C)C. The predicted octanol–water partition coefficient (Wildman–Crippen LogP) is 5.37. The fourth-order valence-corrected chi connectivity index (χ4v) is 5.58. The van der Waals surface area contributed by atoms with Crippen molar-refractivity contribution in [3.8, 4) is 0 Å². The molecule has 0 aromatic heterocycles. The van der Waals surface area contributed by atoms with Gasteiger partial charge in [-0.15, -0.1) is 6.58 Å². The standard InChI is InChI=1S/C21H34O2/c1-7-8-20(5,19(2,3)4)18(22)23-21(6)16-10-14-9-15(12-16)13-17(21)11-14/h7,14-17H,1,8-13H2,2-6H3. The molecule has 4 saturated carbocycles. The van der Waals surface area contributed by atoms with E-state index in [1.165, 1.54) is 32.1 Å². The number of allylic oxidation sites excluding steroid dienone is 1. The van der Waals surface area contributed by atoms with Gasteiger partial charge in [0.1, 0.15) is 5.60 Å². The molecule has 0 radical (unpaired) electrons. The maximum Gasteiger partial charge on any atom is 0.313 e. The normalized spacial score (nSPS) is 41.4. The van der Waals surface area contributed by atoms with Crippen LogP contribution < -0.4 is 0 Å². The molecule has 0 aromatic carbocycles. The molecule has 4 aliphatic rings. The summed E-state index contributed by atoms with van der Waals surface area (Å²) in [5.41, 5.74) is -0.884. The van der Waals surface area contributed by atoms with Gasteiger partial charge < -0.3 is 4.74 Å². The van der Waals surface area contributed by atoms with Crippen molar-refractivity contribution < 1.29 is 9.53 Å². The zero-order valence-corrected chi connectivity index (χ0v) is 15.7. The molecule has 1 unspecified atom stereocenters. The van der Waals surface area contributed by atoms with E-state index in [9.17, 15) is 4.79 Å².